The van der Waals surface area contributed by atoms with Gasteiger partial charge >= 0.3 is 0 Å². The van der Waals surface area contributed by atoms with Gasteiger partial charge in [-0.3, -0.25) is 0 Å². The highest BCUT2D eigenvalue weighted by molar-refractivity contribution is 6.31. The van der Waals surface area contributed by atoms with Crippen LogP contribution in [0.4, 0.5) is 0 Å². The number of nitrogens with one attached hydrogen (secondary N) is 1. The van der Waals surface area contributed by atoms with Gasteiger partial charge in [0.1, 0.15) is 12.4 Å². The summed E-state index contributed by atoms with van der Waals surface area (Å²) in [6.45, 7) is 10.2. The highest BCUT2D eigenvalue weighted by atomic mass is 35.5. The molecule has 0 fully saturated rings. The van der Waals surface area contributed by atoms with Gasteiger partial charge in [-0.15, -0.1) is 0 Å². The van der Waals surface area contributed by atoms with Crippen molar-refractivity contribution >= 4 is 11.6 Å². The van der Waals surface area contributed by atoms with Crippen molar-refractivity contribution in [1.29, 1.82) is 0 Å². The van der Waals surface area contributed by atoms with Gasteiger partial charge in [0.05, 0.1) is 0 Å². The summed E-state index contributed by atoms with van der Waals surface area (Å²) < 4.78 is 5.74. The molecule has 1 aromatic rings. The summed E-state index contributed by atoms with van der Waals surface area (Å²) in [6.07, 6.45) is 0. The van der Waals surface area contributed by atoms with Gasteiger partial charge in [0.25, 0.3) is 0 Å². The lowest BCUT2D eigenvalue weighted by Gasteiger charge is -2.18. The normalized spacial score (nSPS) is 12.7. The number of rotatable bonds is 8. The summed E-state index contributed by atoms with van der Waals surface area (Å²) >= 11 is 6.27. The monoisotopic (exact) mass is 284 g/mol. The first-order chi connectivity index (χ1) is 9.12. The second-order valence-electron chi connectivity index (χ2n) is 4.57. The van der Waals surface area contributed by atoms with Crippen molar-refractivity contribution in [2.45, 2.75) is 26.8 Å². The number of hydrogen-bond donors (Lipinski definition) is 1. The van der Waals surface area contributed by atoms with Gasteiger partial charge in [-0.1, -0.05) is 31.5 Å². The van der Waals surface area contributed by atoms with Crippen LogP contribution in [-0.4, -0.2) is 38.2 Å². The van der Waals surface area contributed by atoms with Gasteiger partial charge in [-0.25, -0.2) is 0 Å². The van der Waals surface area contributed by atoms with Gasteiger partial charge in [0.15, 0.2) is 0 Å². The zero-order valence-electron chi connectivity index (χ0n) is 12.4. The van der Waals surface area contributed by atoms with Gasteiger partial charge in [0, 0.05) is 17.6 Å². The van der Waals surface area contributed by atoms with Gasteiger partial charge in [-0.05, 0) is 44.8 Å². The zero-order valence-corrected chi connectivity index (χ0v) is 13.1. The molecule has 1 aromatic carbocycles. The lowest BCUT2D eigenvalue weighted by atomic mass is 10.1. The maximum Gasteiger partial charge on any atom is 0.120 e. The topological polar surface area (TPSA) is 24.5 Å². The van der Waals surface area contributed by atoms with Crippen molar-refractivity contribution in [3.8, 4) is 5.75 Å². The Morgan fingerprint density at radius 3 is 2.53 bits per heavy atom. The first kappa shape index (κ1) is 16.3. The molecule has 0 aliphatic heterocycles. The highest BCUT2D eigenvalue weighted by Gasteiger charge is 2.08. The Kier molecular flexibility index (Phi) is 7.21. The Bertz CT molecular complexity index is 380. The van der Waals surface area contributed by atoms with Crippen LogP contribution >= 0.6 is 11.6 Å². The van der Waals surface area contributed by atoms with E-state index in [1.807, 2.05) is 25.2 Å². The van der Waals surface area contributed by atoms with Crippen LogP contribution in [-0.2, 0) is 0 Å². The van der Waals surface area contributed by atoms with E-state index >= 15 is 0 Å². The van der Waals surface area contributed by atoms with Crippen LogP contribution in [0.1, 0.15) is 32.4 Å². The van der Waals surface area contributed by atoms with Crippen molar-refractivity contribution in [3.63, 3.8) is 0 Å². The highest BCUT2D eigenvalue weighted by Crippen LogP contribution is 2.27. The van der Waals surface area contributed by atoms with Crippen LogP contribution in [0.2, 0.25) is 5.02 Å². The third-order valence-electron chi connectivity index (χ3n) is 3.44. The molecule has 108 valence electrons. The molecule has 4 heteroatoms. The fraction of sp³-hybridized carbons (Fsp3) is 0.600. The number of benzene rings is 1. The minimum atomic E-state index is 0.247. The second-order valence-corrected chi connectivity index (χ2v) is 4.98. The van der Waals surface area contributed by atoms with E-state index in [-0.39, 0.29) is 6.04 Å². The maximum absolute atomic E-state index is 6.27. The van der Waals surface area contributed by atoms with Crippen LogP contribution in [0.25, 0.3) is 0 Å². The third-order valence-corrected chi connectivity index (χ3v) is 3.77. The minimum Gasteiger partial charge on any atom is -0.492 e. The summed E-state index contributed by atoms with van der Waals surface area (Å²) in [5, 5.41) is 3.93. The average Bonchev–Trinajstić information content (AvgIpc) is 2.43. The molecule has 0 aliphatic rings. The smallest absolute Gasteiger partial charge is 0.120 e. The molecule has 0 amide bonds. The Labute approximate surface area is 121 Å². The molecule has 1 N–H and O–H groups in total. The molecule has 0 aromatic heterocycles. The first-order valence-corrected chi connectivity index (χ1v) is 7.32. The first-order valence-electron chi connectivity index (χ1n) is 6.94. The molecule has 19 heavy (non-hydrogen) atoms. The van der Waals surface area contributed by atoms with Gasteiger partial charge in [-0.2, -0.15) is 0 Å². The van der Waals surface area contributed by atoms with E-state index in [4.69, 9.17) is 16.3 Å². The maximum atomic E-state index is 6.27. The summed E-state index contributed by atoms with van der Waals surface area (Å²) in [7, 11) is 1.93. The van der Waals surface area contributed by atoms with Crippen molar-refractivity contribution in [2.75, 3.05) is 33.3 Å². The van der Waals surface area contributed by atoms with Gasteiger partial charge in [0.2, 0.25) is 0 Å². The lowest BCUT2D eigenvalue weighted by molar-refractivity contribution is 0.223. The zero-order chi connectivity index (χ0) is 14.3. The molecule has 0 saturated heterocycles. The quantitative estimate of drug-likeness (QED) is 0.792. The number of hydrogen-bond acceptors (Lipinski definition) is 3. The minimum absolute atomic E-state index is 0.247. The van der Waals surface area contributed by atoms with Gasteiger partial charge < -0.3 is 15.0 Å². The number of nitrogens with zero attached hydrogens (tertiary/aromatic N) is 1. The average molecular weight is 285 g/mol. The van der Waals surface area contributed by atoms with E-state index in [0.29, 0.717) is 6.61 Å². The van der Waals surface area contributed by atoms with Crippen LogP contribution in [0.15, 0.2) is 18.2 Å². The molecule has 1 rings (SSSR count). The number of ether oxygens (including phenoxy) is 1. The van der Waals surface area contributed by atoms with E-state index in [2.05, 4.69) is 31.0 Å². The molecule has 3 nitrogen and oxygen atoms in total. The molecule has 0 saturated carbocycles. The van der Waals surface area contributed by atoms with Crippen LogP contribution in [0.3, 0.4) is 0 Å². The summed E-state index contributed by atoms with van der Waals surface area (Å²) in [5.74, 6) is 0.837. The largest absolute Gasteiger partial charge is 0.492 e. The summed E-state index contributed by atoms with van der Waals surface area (Å²) in [6, 6.07) is 6.15. The molecule has 1 atom stereocenters. The Balaban J connectivity index is 2.54. The van der Waals surface area contributed by atoms with Crippen LogP contribution < -0.4 is 10.1 Å². The molecule has 0 aliphatic carbocycles. The Morgan fingerprint density at radius 2 is 2.00 bits per heavy atom. The molecule has 1 unspecified atom stereocenters. The van der Waals surface area contributed by atoms with Crippen LogP contribution in [0.5, 0.6) is 5.75 Å². The predicted octanol–water partition coefficient (Wildman–Crippen LogP) is 3.34. The molecular formula is C15H25ClN2O. The Hall–Kier alpha value is -0.770. The molecule has 0 bridgehead atoms. The number of halogens is 1. The SMILES string of the molecule is CCN(CC)CCOc1ccc(C(C)NC)c(Cl)c1. The van der Waals surface area contributed by atoms with Crippen LogP contribution in [0, 0.1) is 0 Å². The number of likely N-dealkylation sites (N-methyl/N-ethyl adjacent to an activating group) is 1. The van der Waals surface area contributed by atoms with Crippen molar-refractivity contribution in [1.82, 2.24) is 10.2 Å². The fourth-order valence-corrected chi connectivity index (χ4v) is 2.27. The molecular weight excluding hydrogens is 260 g/mol. The standard InChI is InChI=1S/C15H25ClN2O/c1-5-18(6-2)9-10-19-13-7-8-14(12(3)17-4)15(16)11-13/h7-8,11-12,17H,5-6,9-10H2,1-4H3. The molecule has 0 spiro atoms. The Morgan fingerprint density at radius 1 is 1.32 bits per heavy atom. The second kappa shape index (κ2) is 8.41. The van der Waals surface area contributed by atoms with E-state index in [9.17, 15) is 0 Å². The molecule has 0 radical (unpaired) electrons. The predicted molar refractivity (Wildman–Crippen MR) is 82.2 cm³/mol. The van der Waals surface area contributed by atoms with E-state index in [0.717, 1.165) is 36.0 Å². The lowest BCUT2D eigenvalue weighted by Crippen LogP contribution is -2.27. The van der Waals surface area contributed by atoms with E-state index in [1.165, 1.54) is 0 Å². The van der Waals surface area contributed by atoms with E-state index < -0.39 is 0 Å². The van der Waals surface area contributed by atoms with Crippen molar-refractivity contribution in [3.05, 3.63) is 28.8 Å². The van der Waals surface area contributed by atoms with Crippen molar-refractivity contribution in [2.24, 2.45) is 0 Å². The molecule has 0 heterocycles. The summed E-state index contributed by atoms with van der Waals surface area (Å²) in [4.78, 5) is 2.33. The van der Waals surface area contributed by atoms with E-state index in [1.54, 1.807) is 0 Å². The van der Waals surface area contributed by atoms with Crippen molar-refractivity contribution < 1.29 is 4.74 Å². The summed E-state index contributed by atoms with van der Waals surface area (Å²) in [5.41, 5.74) is 1.10. The fourth-order valence-electron chi connectivity index (χ4n) is 1.94. The third kappa shape index (κ3) is 5.01.